The van der Waals surface area contributed by atoms with Crippen molar-refractivity contribution in [1.29, 1.82) is 0 Å². The van der Waals surface area contributed by atoms with Crippen LogP contribution in [0.1, 0.15) is 57.3 Å². The number of hydrogen-bond donors (Lipinski definition) is 2. The van der Waals surface area contributed by atoms with Gasteiger partial charge in [0.15, 0.2) is 0 Å². The fourth-order valence-corrected chi connectivity index (χ4v) is 1.67. The van der Waals surface area contributed by atoms with Crippen molar-refractivity contribution < 1.29 is 5.11 Å². The van der Waals surface area contributed by atoms with Crippen LogP contribution in [0.3, 0.4) is 0 Å². The van der Waals surface area contributed by atoms with Gasteiger partial charge in [0.1, 0.15) is 0 Å². The Morgan fingerprint density at radius 3 is 2.00 bits per heavy atom. The molecule has 0 saturated heterocycles. The largest absolute Gasteiger partial charge is 0.387 e. The van der Waals surface area contributed by atoms with Crippen LogP contribution in [0.2, 0.25) is 0 Å². The summed E-state index contributed by atoms with van der Waals surface area (Å²) in [4.78, 5) is 0. The van der Waals surface area contributed by atoms with E-state index in [-0.39, 0.29) is 0 Å². The second-order valence-electron chi connectivity index (χ2n) is 5.20. The number of nitrogens with two attached hydrogens (primary N) is 1. The summed E-state index contributed by atoms with van der Waals surface area (Å²) >= 11 is 0. The van der Waals surface area contributed by atoms with E-state index in [1.54, 1.807) is 0 Å². The molecule has 0 aromatic heterocycles. The van der Waals surface area contributed by atoms with Gasteiger partial charge in [-0.2, -0.15) is 0 Å². The summed E-state index contributed by atoms with van der Waals surface area (Å²) in [5, 5.41) is 10.0. The number of rotatable bonds is 4. The van der Waals surface area contributed by atoms with E-state index >= 15 is 0 Å². The van der Waals surface area contributed by atoms with Crippen molar-refractivity contribution in [2.75, 3.05) is 0 Å². The highest BCUT2D eigenvalue weighted by Gasteiger charge is 2.24. The van der Waals surface area contributed by atoms with E-state index in [2.05, 4.69) is 26.0 Å². The molecule has 1 rings (SSSR count). The smallest absolute Gasteiger partial charge is 0.0963 e. The van der Waals surface area contributed by atoms with Crippen LogP contribution in [0, 0.1) is 0 Å². The predicted octanol–water partition coefficient (Wildman–Crippen LogP) is 2.97. The van der Waals surface area contributed by atoms with Gasteiger partial charge in [0.25, 0.3) is 0 Å². The Hall–Kier alpha value is -0.860. The van der Waals surface area contributed by atoms with Gasteiger partial charge in [-0.3, -0.25) is 0 Å². The van der Waals surface area contributed by atoms with Gasteiger partial charge >= 0.3 is 0 Å². The molecule has 0 saturated carbocycles. The third kappa shape index (κ3) is 3.06. The maximum atomic E-state index is 10.0. The quantitative estimate of drug-likeness (QED) is 0.821. The van der Waals surface area contributed by atoms with Crippen LogP contribution in [0.5, 0.6) is 0 Å². The van der Waals surface area contributed by atoms with Crippen molar-refractivity contribution in [3.05, 3.63) is 35.4 Å². The summed E-state index contributed by atoms with van der Waals surface area (Å²) < 4.78 is 0. The molecule has 2 heteroatoms. The summed E-state index contributed by atoms with van der Waals surface area (Å²) in [7, 11) is 0. The first-order valence-corrected chi connectivity index (χ1v) is 5.93. The third-order valence-corrected chi connectivity index (χ3v) is 3.14. The molecule has 0 aliphatic rings. The van der Waals surface area contributed by atoms with E-state index in [0.717, 1.165) is 12.0 Å². The van der Waals surface area contributed by atoms with E-state index in [4.69, 9.17) is 5.73 Å². The highest BCUT2D eigenvalue weighted by Crippen LogP contribution is 2.25. The fraction of sp³-hybridized carbons (Fsp3) is 0.571. The zero-order valence-electron chi connectivity index (χ0n) is 10.7. The Bertz CT molecular complexity index is 324. The average molecular weight is 221 g/mol. The standard InChI is InChI=1S/C14H23NO/c1-5-10(2)11-6-8-12(9-7-11)13(16)14(3,4)15/h6-10,13,16H,5,15H2,1-4H3. The van der Waals surface area contributed by atoms with Gasteiger partial charge in [-0.05, 0) is 37.3 Å². The molecule has 0 aliphatic carbocycles. The van der Waals surface area contributed by atoms with Gasteiger partial charge < -0.3 is 10.8 Å². The van der Waals surface area contributed by atoms with E-state index in [1.165, 1.54) is 5.56 Å². The molecule has 3 N–H and O–H groups in total. The van der Waals surface area contributed by atoms with Crippen LogP contribution in [-0.2, 0) is 0 Å². The monoisotopic (exact) mass is 221 g/mol. The van der Waals surface area contributed by atoms with Crippen molar-refractivity contribution >= 4 is 0 Å². The minimum Gasteiger partial charge on any atom is -0.387 e. The Kier molecular flexibility index (Phi) is 4.11. The molecule has 0 amide bonds. The van der Waals surface area contributed by atoms with Crippen molar-refractivity contribution in [3.63, 3.8) is 0 Å². The molecule has 0 heterocycles. The molecule has 2 unspecified atom stereocenters. The molecule has 0 radical (unpaired) electrons. The average Bonchev–Trinajstić information content (AvgIpc) is 2.26. The molecule has 1 aromatic carbocycles. The maximum absolute atomic E-state index is 10.0. The highest BCUT2D eigenvalue weighted by molar-refractivity contribution is 5.27. The van der Waals surface area contributed by atoms with Crippen LogP contribution in [0.15, 0.2) is 24.3 Å². The lowest BCUT2D eigenvalue weighted by Crippen LogP contribution is -2.39. The zero-order valence-corrected chi connectivity index (χ0v) is 10.7. The van der Waals surface area contributed by atoms with Crippen molar-refractivity contribution in [3.8, 4) is 0 Å². The normalized spacial score (nSPS) is 15.9. The van der Waals surface area contributed by atoms with Crippen LogP contribution >= 0.6 is 0 Å². The van der Waals surface area contributed by atoms with Gasteiger partial charge in [-0.25, -0.2) is 0 Å². The number of hydrogen-bond acceptors (Lipinski definition) is 2. The van der Waals surface area contributed by atoms with Crippen LogP contribution in [0.4, 0.5) is 0 Å². The molecular weight excluding hydrogens is 198 g/mol. The van der Waals surface area contributed by atoms with Gasteiger partial charge in [-0.15, -0.1) is 0 Å². The molecule has 2 atom stereocenters. The Morgan fingerprint density at radius 2 is 1.62 bits per heavy atom. The van der Waals surface area contributed by atoms with E-state index < -0.39 is 11.6 Å². The Balaban J connectivity index is 2.87. The summed E-state index contributed by atoms with van der Waals surface area (Å²) in [6.07, 6.45) is 0.517. The molecule has 0 bridgehead atoms. The molecular formula is C14H23NO. The minimum absolute atomic E-state index is 0.567. The summed E-state index contributed by atoms with van der Waals surface area (Å²) in [5.41, 5.74) is 7.49. The van der Waals surface area contributed by atoms with Gasteiger partial charge in [0.05, 0.1) is 6.10 Å². The molecule has 0 aliphatic heterocycles. The van der Waals surface area contributed by atoms with Crippen molar-refractivity contribution in [2.24, 2.45) is 5.73 Å². The first-order chi connectivity index (χ1) is 7.36. The van der Waals surface area contributed by atoms with Crippen LogP contribution in [0.25, 0.3) is 0 Å². The molecule has 16 heavy (non-hydrogen) atoms. The Morgan fingerprint density at radius 1 is 1.19 bits per heavy atom. The lowest BCUT2D eigenvalue weighted by atomic mass is 9.90. The summed E-state index contributed by atoms with van der Waals surface area (Å²) in [6, 6.07) is 8.11. The predicted molar refractivity (Wildman–Crippen MR) is 68.4 cm³/mol. The molecule has 0 spiro atoms. The minimum atomic E-state index is -0.613. The van der Waals surface area contributed by atoms with Crippen molar-refractivity contribution in [1.82, 2.24) is 0 Å². The van der Waals surface area contributed by atoms with Crippen molar-refractivity contribution in [2.45, 2.75) is 51.7 Å². The molecule has 2 nitrogen and oxygen atoms in total. The van der Waals surface area contributed by atoms with Gasteiger partial charge in [0, 0.05) is 5.54 Å². The second-order valence-corrected chi connectivity index (χ2v) is 5.20. The zero-order chi connectivity index (χ0) is 12.3. The first kappa shape index (κ1) is 13.2. The number of benzene rings is 1. The lowest BCUT2D eigenvalue weighted by Gasteiger charge is -2.26. The first-order valence-electron chi connectivity index (χ1n) is 5.93. The number of aliphatic hydroxyl groups excluding tert-OH is 1. The summed E-state index contributed by atoms with van der Waals surface area (Å²) in [5.74, 6) is 0.567. The fourth-order valence-electron chi connectivity index (χ4n) is 1.67. The Labute approximate surface area is 98.5 Å². The van der Waals surface area contributed by atoms with Gasteiger partial charge in [0.2, 0.25) is 0 Å². The second kappa shape index (κ2) is 4.98. The lowest BCUT2D eigenvalue weighted by molar-refractivity contribution is 0.104. The van der Waals surface area contributed by atoms with Gasteiger partial charge in [-0.1, -0.05) is 38.1 Å². The highest BCUT2D eigenvalue weighted by atomic mass is 16.3. The van der Waals surface area contributed by atoms with E-state index in [9.17, 15) is 5.11 Å². The topological polar surface area (TPSA) is 46.2 Å². The summed E-state index contributed by atoms with van der Waals surface area (Å²) in [6.45, 7) is 8.05. The SMILES string of the molecule is CCC(C)c1ccc(C(O)C(C)(C)N)cc1. The molecule has 0 fully saturated rings. The third-order valence-electron chi connectivity index (χ3n) is 3.14. The van der Waals surface area contributed by atoms with Crippen LogP contribution < -0.4 is 5.73 Å². The number of aliphatic hydroxyl groups is 1. The van der Waals surface area contributed by atoms with Crippen LogP contribution in [-0.4, -0.2) is 10.6 Å². The molecule has 1 aromatic rings. The molecule has 90 valence electrons. The maximum Gasteiger partial charge on any atom is 0.0963 e. The van der Waals surface area contributed by atoms with E-state index in [0.29, 0.717) is 5.92 Å². The van der Waals surface area contributed by atoms with E-state index in [1.807, 2.05) is 26.0 Å².